The van der Waals surface area contributed by atoms with Crippen molar-refractivity contribution in [2.75, 3.05) is 24.5 Å². The zero-order chi connectivity index (χ0) is 25.8. The highest BCUT2D eigenvalue weighted by atomic mass is 16.5. The summed E-state index contributed by atoms with van der Waals surface area (Å²) in [4.78, 5) is 13.4. The van der Waals surface area contributed by atoms with Gasteiger partial charge >= 0.3 is 0 Å². The number of nitrogens with zero attached hydrogens (tertiary/aromatic N) is 1. The highest BCUT2D eigenvalue weighted by Crippen LogP contribution is 2.36. The quantitative estimate of drug-likeness (QED) is 0.432. The second-order valence-corrected chi connectivity index (χ2v) is 9.70. The summed E-state index contributed by atoms with van der Waals surface area (Å²) in [6.07, 6.45) is 2.00. The third-order valence-electron chi connectivity index (χ3n) is 5.96. The SMILES string of the molecule is CCCC(C)Oc1ccc(C(C)(C)C)cc1NC(=O)C1=C(C)N(c2cc(OC)ccc2OC)NN1.[HH]. The van der Waals surface area contributed by atoms with E-state index in [1.807, 2.05) is 44.2 Å². The second-order valence-electron chi connectivity index (χ2n) is 9.70. The average molecular weight is 485 g/mol. The summed E-state index contributed by atoms with van der Waals surface area (Å²) in [5, 5.41) is 4.81. The van der Waals surface area contributed by atoms with E-state index in [9.17, 15) is 4.79 Å². The number of hydrogen-bond acceptors (Lipinski definition) is 7. The van der Waals surface area contributed by atoms with Crippen LogP contribution in [0.3, 0.4) is 0 Å². The minimum Gasteiger partial charge on any atom is -0.497 e. The number of carbonyl (C=O) groups is 1. The zero-order valence-corrected chi connectivity index (χ0v) is 22.0. The average Bonchev–Trinajstić information content (AvgIpc) is 3.20. The van der Waals surface area contributed by atoms with E-state index in [0.717, 1.165) is 18.4 Å². The van der Waals surface area contributed by atoms with Gasteiger partial charge in [0, 0.05) is 7.49 Å². The number of amides is 1. The van der Waals surface area contributed by atoms with Crippen LogP contribution in [0.2, 0.25) is 0 Å². The molecule has 2 aromatic carbocycles. The third kappa shape index (κ3) is 6.00. The first-order chi connectivity index (χ1) is 16.6. The lowest BCUT2D eigenvalue weighted by Crippen LogP contribution is -2.39. The molecule has 1 unspecified atom stereocenters. The Hall–Kier alpha value is -3.39. The molecule has 0 aromatic heterocycles. The van der Waals surface area contributed by atoms with Gasteiger partial charge in [-0.05, 0) is 55.5 Å². The van der Waals surface area contributed by atoms with E-state index >= 15 is 0 Å². The molecule has 8 heteroatoms. The van der Waals surface area contributed by atoms with E-state index < -0.39 is 0 Å². The van der Waals surface area contributed by atoms with Gasteiger partial charge in [-0.25, -0.2) is 0 Å². The molecule has 1 amide bonds. The van der Waals surface area contributed by atoms with Crippen molar-refractivity contribution in [3.63, 3.8) is 0 Å². The minimum absolute atomic E-state index is 0. The third-order valence-corrected chi connectivity index (χ3v) is 5.96. The predicted octanol–water partition coefficient (Wildman–Crippen LogP) is 5.51. The van der Waals surface area contributed by atoms with E-state index in [4.69, 9.17) is 14.2 Å². The molecule has 2 aromatic rings. The molecule has 3 N–H and O–H groups in total. The summed E-state index contributed by atoms with van der Waals surface area (Å²) in [5.41, 5.74) is 9.51. The molecule has 0 saturated carbocycles. The van der Waals surface area contributed by atoms with E-state index in [2.05, 4.69) is 50.0 Å². The van der Waals surface area contributed by atoms with Crippen LogP contribution in [0.25, 0.3) is 0 Å². The van der Waals surface area contributed by atoms with Gasteiger partial charge in [0.25, 0.3) is 5.91 Å². The van der Waals surface area contributed by atoms with Crippen molar-refractivity contribution in [3.05, 3.63) is 53.4 Å². The fourth-order valence-electron chi connectivity index (χ4n) is 3.90. The number of allylic oxidation sites excluding steroid dienone is 1. The Balaban J connectivity index is 0.00000456. The minimum atomic E-state index is -0.279. The molecule has 0 spiro atoms. The number of carbonyl (C=O) groups excluding carboxylic acids is 1. The summed E-state index contributed by atoms with van der Waals surface area (Å²) in [5.74, 6) is 1.69. The molecule has 1 atom stereocenters. The smallest absolute Gasteiger partial charge is 0.275 e. The maximum atomic E-state index is 13.4. The lowest BCUT2D eigenvalue weighted by Gasteiger charge is -2.23. The van der Waals surface area contributed by atoms with Gasteiger partial charge in [0.2, 0.25) is 0 Å². The van der Waals surface area contributed by atoms with Crippen LogP contribution < -0.4 is 35.5 Å². The Labute approximate surface area is 210 Å². The van der Waals surface area contributed by atoms with Gasteiger partial charge in [0.15, 0.2) is 0 Å². The fourth-order valence-corrected chi connectivity index (χ4v) is 3.90. The standard InChI is InChI=1S/C27H38N4O4.H2/c1-9-10-17(2)35-23-13-11-19(27(4,5)6)15-21(23)28-26(32)25-18(3)31(30-29-25)22-16-20(33-7)12-14-24(22)34-8;/h11-17,29-30H,9-10H2,1-8H3,(H,28,32);1H. The molecule has 8 nitrogen and oxygen atoms in total. The molecule has 0 saturated heterocycles. The topological polar surface area (TPSA) is 84.1 Å². The Morgan fingerprint density at radius 2 is 1.83 bits per heavy atom. The molecular formula is C27H40N4O4. The number of methoxy groups -OCH3 is 2. The number of hydrogen-bond donors (Lipinski definition) is 3. The van der Waals surface area contributed by atoms with Crippen LogP contribution in [0, 0.1) is 0 Å². The number of benzene rings is 2. The van der Waals surface area contributed by atoms with Gasteiger partial charge in [-0.2, -0.15) is 0 Å². The molecule has 0 aliphatic carbocycles. The van der Waals surface area contributed by atoms with Crippen molar-refractivity contribution >= 4 is 17.3 Å². The number of anilines is 2. The van der Waals surface area contributed by atoms with Gasteiger partial charge in [-0.3, -0.25) is 15.2 Å². The molecular weight excluding hydrogens is 444 g/mol. The van der Waals surface area contributed by atoms with Crippen LogP contribution in [-0.2, 0) is 10.2 Å². The fraction of sp³-hybridized carbons (Fsp3) is 0.444. The second kappa shape index (κ2) is 10.9. The van der Waals surface area contributed by atoms with Crippen LogP contribution in [0.5, 0.6) is 17.2 Å². The lowest BCUT2D eigenvalue weighted by atomic mass is 9.87. The number of nitrogens with one attached hydrogen (secondary N) is 3. The van der Waals surface area contributed by atoms with Crippen LogP contribution in [0.1, 0.15) is 61.4 Å². The molecule has 192 valence electrons. The van der Waals surface area contributed by atoms with Crippen molar-refractivity contribution in [2.45, 2.75) is 65.9 Å². The number of ether oxygens (including phenoxy) is 3. The molecule has 1 aliphatic heterocycles. The molecule has 0 radical (unpaired) electrons. The van der Waals surface area contributed by atoms with E-state index in [1.165, 1.54) is 0 Å². The Morgan fingerprint density at radius 1 is 1.11 bits per heavy atom. The van der Waals surface area contributed by atoms with Gasteiger partial charge in [0.05, 0.1) is 31.7 Å². The Kier molecular flexibility index (Phi) is 8.17. The molecule has 35 heavy (non-hydrogen) atoms. The molecule has 3 rings (SSSR count). The highest BCUT2D eigenvalue weighted by Gasteiger charge is 2.28. The molecule has 0 fully saturated rings. The van der Waals surface area contributed by atoms with Crippen LogP contribution in [0.15, 0.2) is 47.8 Å². The van der Waals surface area contributed by atoms with Crippen molar-refractivity contribution in [2.24, 2.45) is 0 Å². The predicted molar refractivity (Wildman–Crippen MR) is 142 cm³/mol. The maximum absolute atomic E-state index is 13.4. The monoisotopic (exact) mass is 484 g/mol. The van der Waals surface area contributed by atoms with Crippen molar-refractivity contribution in [1.29, 1.82) is 0 Å². The van der Waals surface area contributed by atoms with Crippen LogP contribution in [-0.4, -0.2) is 26.2 Å². The summed E-state index contributed by atoms with van der Waals surface area (Å²) in [6.45, 7) is 12.4. The summed E-state index contributed by atoms with van der Waals surface area (Å²) in [6, 6.07) is 11.5. The maximum Gasteiger partial charge on any atom is 0.275 e. The van der Waals surface area contributed by atoms with Crippen molar-refractivity contribution in [1.82, 2.24) is 11.0 Å². The summed E-state index contributed by atoms with van der Waals surface area (Å²) < 4.78 is 17.1. The first-order valence-electron chi connectivity index (χ1n) is 12.0. The van der Waals surface area contributed by atoms with Crippen molar-refractivity contribution in [3.8, 4) is 17.2 Å². The first kappa shape index (κ1) is 26.2. The Bertz CT molecular complexity index is 1100. The van der Waals surface area contributed by atoms with E-state index in [0.29, 0.717) is 40.0 Å². The Morgan fingerprint density at radius 3 is 2.46 bits per heavy atom. The molecule has 1 heterocycles. The largest absolute Gasteiger partial charge is 0.497 e. The van der Waals surface area contributed by atoms with E-state index in [-0.39, 0.29) is 18.9 Å². The summed E-state index contributed by atoms with van der Waals surface area (Å²) in [7, 11) is 3.21. The normalized spacial score (nSPS) is 14.5. The summed E-state index contributed by atoms with van der Waals surface area (Å²) >= 11 is 0. The van der Waals surface area contributed by atoms with Gasteiger partial charge in [0.1, 0.15) is 28.6 Å². The van der Waals surface area contributed by atoms with Gasteiger partial charge < -0.3 is 19.5 Å². The van der Waals surface area contributed by atoms with Gasteiger partial charge in [-0.1, -0.05) is 40.2 Å². The zero-order valence-electron chi connectivity index (χ0n) is 22.0. The van der Waals surface area contributed by atoms with Crippen LogP contribution >= 0.6 is 0 Å². The van der Waals surface area contributed by atoms with Crippen LogP contribution in [0.4, 0.5) is 11.4 Å². The van der Waals surface area contributed by atoms with E-state index in [1.54, 1.807) is 19.2 Å². The molecule has 0 bridgehead atoms. The van der Waals surface area contributed by atoms with Gasteiger partial charge in [-0.15, -0.1) is 5.53 Å². The number of hydrazine groups is 2. The first-order valence-corrected chi connectivity index (χ1v) is 12.0. The molecule has 1 aliphatic rings. The highest BCUT2D eigenvalue weighted by molar-refractivity contribution is 6.05. The van der Waals surface area contributed by atoms with Crippen molar-refractivity contribution < 1.29 is 20.4 Å². The lowest BCUT2D eigenvalue weighted by molar-refractivity contribution is -0.113. The number of rotatable bonds is 9.